The third-order valence-electron chi connectivity index (χ3n) is 3.38. The number of urea groups is 1. The number of hydrogen-bond donors (Lipinski definition) is 3. The van der Waals surface area contributed by atoms with Gasteiger partial charge in [-0.05, 0) is 25.5 Å². The van der Waals surface area contributed by atoms with Crippen molar-refractivity contribution in [2.75, 3.05) is 37.7 Å². The number of nitrogens with one attached hydrogen (secondary N) is 3. The summed E-state index contributed by atoms with van der Waals surface area (Å²) >= 11 is 1.96. The molecule has 2 rings (SSSR count). The molecule has 2 aliphatic rings. The topological polar surface area (TPSA) is 85.8 Å². The van der Waals surface area contributed by atoms with Gasteiger partial charge in [-0.3, -0.25) is 14.7 Å². The molecule has 0 saturated carbocycles. The largest absolute Gasteiger partial charge is 0.357 e. The second-order valence-corrected chi connectivity index (χ2v) is 6.17. The first kappa shape index (κ1) is 15.9. The van der Waals surface area contributed by atoms with Crippen LogP contribution in [0.2, 0.25) is 0 Å². The Morgan fingerprint density at radius 2 is 2.38 bits per heavy atom. The Labute approximate surface area is 129 Å². The number of aliphatic imine (C=N–C) groups is 1. The highest BCUT2D eigenvalue weighted by atomic mass is 32.2. The van der Waals surface area contributed by atoms with Crippen LogP contribution in [-0.2, 0) is 4.79 Å². The number of nitrogens with zero attached hydrogens (tertiary/aromatic N) is 2. The molecular weight excluding hydrogens is 290 g/mol. The standard InChI is InChI=1S/C13H23N5O2S/c1-2-14-12(17-10-4-3-7-21-9-10)15-5-6-18-11(19)8-16-13(18)20/h10H,2-9H2,1H3,(H,16,20)(H2,14,15,17). The Bertz CT molecular complexity index is 393. The van der Waals surface area contributed by atoms with Crippen LogP contribution in [-0.4, -0.2) is 66.5 Å². The molecule has 8 heteroatoms. The summed E-state index contributed by atoms with van der Waals surface area (Å²) in [5.41, 5.74) is 0. The van der Waals surface area contributed by atoms with Crippen molar-refractivity contribution in [2.24, 2.45) is 4.99 Å². The molecule has 2 aliphatic heterocycles. The molecule has 0 bridgehead atoms. The minimum Gasteiger partial charge on any atom is -0.357 e. The predicted octanol–water partition coefficient (Wildman–Crippen LogP) is -0.0111. The molecular formula is C13H23N5O2S. The van der Waals surface area contributed by atoms with Crippen LogP contribution in [0.25, 0.3) is 0 Å². The highest BCUT2D eigenvalue weighted by Crippen LogP contribution is 2.16. The summed E-state index contributed by atoms with van der Waals surface area (Å²) in [5, 5.41) is 9.13. The van der Waals surface area contributed by atoms with Crippen molar-refractivity contribution in [3.05, 3.63) is 0 Å². The van der Waals surface area contributed by atoms with Crippen LogP contribution in [0.1, 0.15) is 19.8 Å². The molecule has 7 nitrogen and oxygen atoms in total. The van der Waals surface area contributed by atoms with E-state index in [1.807, 2.05) is 18.7 Å². The zero-order valence-electron chi connectivity index (χ0n) is 12.4. The smallest absolute Gasteiger partial charge is 0.324 e. The Balaban J connectivity index is 1.82. The fourth-order valence-corrected chi connectivity index (χ4v) is 3.38. The van der Waals surface area contributed by atoms with Crippen LogP contribution >= 0.6 is 11.8 Å². The maximum Gasteiger partial charge on any atom is 0.324 e. The van der Waals surface area contributed by atoms with Crippen molar-refractivity contribution < 1.29 is 9.59 Å². The molecule has 0 spiro atoms. The van der Waals surface area contributed by atoms with Gasteiger partial charge in [-0.25, -0.2) is 4.79 Å². The number of hydrogen-bond acceptors (Lipinski definition) is 4. The zero-order chi connectivity index (χ0) is 15.1. The van der Waals surface area contributed by atoms with E-state index in [2.05, 4.69) is 20.9 Å². The molecule has 1 unspecified atom stereocenters. The average molecular weight is 313 g/mol. The predicted molar refractivity (Wildman–Crippen MR) is 84.6 cm³/mol. The van der Waals surface area contributed by atoms with Crippen LogP contribution in [0, 0.1) is 0 Å². The van der Waals surface area contributed by atoms with Gasteiger partial charge in [0.25, 0.3) is 0 Å². The lowest BCUT2D eigenvalue weighted by atomic mass is 10.2. The Hall–Kier alpha value is -1.44. The average Bonchev–Trinajstić information content (AvgIpc) is 2.80. The molecule has 3 amide bonds. The quantitative estimate of drug-likeness (QED) is 0.378. The van der Waals surface area contributed by atoms with Crippen LogP contribution in [0.3, 0.4) is 0 Å². The second kappa shape index (κ2) is 8.11. The maximum absolute atomic E-state index is 11.5. The van der Waals surface area contributed by atoms with Gasteiger partial charge in [0.05, 0.1) is 19.6 Å². The van der Waals surface area contributed by atoms with E-state index in [1.54, 1.807) is 0 Å². The molecule has 0 aromatic rings. The highest BCUT2D eigenvalue weighted by Gasteiger charge is 2.27. The first-order chi connectivity index (χ1) is 10.2. The number of imide groups is 1. The minimum absolute atomic E-state index is 0.0974. The number of amides is 3. The third kappa shape index (κ3) is 4.80. The van der Waals surface area contributed by atoms with E-state index in [1.165, 1.54) is 17.1 Å². The van der Waals surface area contributed by atoms with Crippen LogP contribution in [0.5, 0.6) is 0 Å². The monoisotopic (exact) mass is 313 g/mol. The van der Waals surface area contributed by atoms with Crippen molar-refractivity contribution in [2.45, 2.75) is 25.8 Å². The summed E-state index contributed by atoms with van der Waals surface area (Å²) in [5.74, 6) is 2.91. The Morgan fingerprint density at radius 1 is 1.52 bits per heavy atom. The van der Waals surface area contributed by atoms with E-state index in [-0.39, 0.29) is 18.5 Å². The molecule has 21 heavy (non-hydrogen) atoms. The molecule has 2 saturated heterocycles. The van der Waals surface area contributed by atoms with Crippen molar-refractivity contribution in [1.29, 1.82) is 0 Å². The summed E-state index contributed by atoms with van der Waals surface area (Å²) in [4.78, 5) is 28.5. The molecule has 1 atom stereocenters. The van der Waals surface area contributed by atoms with Gasteiger partial charge in [0.1, 0.15) is 0 Å². The number of carbonyl (C=O) groups excluding carboxylic acids is 2. The van der Waals surface area contributed by atoms with Gasteiger partial charge in [0.15, 0.2) is 5.96 Å². The molecule has 2 fully saturated rings. The van der Waals surface area contributed by atoms with Crippen molar-refractivity contribution in [1.82, 2.24) is 20.9 Å². The van der Waals surface area contributed by atoms with E-state index in [0.717, 1.165) is 24.7 Å². The molecule has 0 aromatic heterocycles. The Kier molecular flexibility index (Phi) is 6.16. The van der Waals surface area contributed by atoms with Crippen molar-refractivity contribution in [3.63, 3.8) is 0 Å². The zero-order valence-corrected chi connectivity index (χ0v) is 13.2. The first-order valence-corrected chi connectivity index (χ1v) is 8.57. The third-order valence-corrected chi connectivity index (χ3v) is 4.59. The van der Waals surface area contributed by atoms with Crippen molar-refractivity contribution >= 4 is 29.7 Å². The fourth-order valence-electron chi connectivity index (χ4n) is 2.31. The van der Waals surface area contributed by atoms with Gasteiger partial charge in [0, 0.05) is 18.3 Å². The van der Waals surface area contributed by atoms with E-state index in [9.17, 15) is 9.59 Å². The number of thioether (sulfide) groups is 1. The number of guanidine groups is 1. The SMILES string of the molecule is CCNC(=NCCN1C(=O)CNC1=O)NC1CCCSC1. The van der Waals surface area contributed by atoms with Crippen LogP contribution < -0.4 is 16.0 Å². The van der Waals surface area contributed by atoms with Gasteiger partial charge in [-0.15, -0.1) is 0 Å². The highest BCUT2D eigenvalue weighted by molar-refractivity contribution is 7.99. The normalized spacial score (nSPS) is 23.2. The lowest BCUT2D eigenvalue weighted by Gasteiger charge is -2.24. The summed E-state index contributed by atoms with van der Waals surface area (Å²) in [6, 6.07) is 0.120. The molecule has 0 aliphatic carbocycles. The van der Waals surface area contributed by atoms with Gasteiger partial charge in [0.2, 0.25) is 5.91 Å². The van der Waals surface area contributed by atoms with E-state index >= 15 is 0 Å². The maximum atomic E-state index is 11.5. The number of rotatable bonds is 5. The Morgan fingerprint density at radius 3 is 3.00 bits per heavy atom. The van der Waals surface area contributed by atoms with Gasteiger partial charge in [-0.2, -0.15) is 11.8 Å². The van der Waals surface area contributed by atoms with E-state index < -0.39 is 0 Å². The fraction of sp³-hybridized carbons (Fsp3) is 0.769. The summed E-state index contributed by atoms with van der Waals surface area (Å²) in [7, 11) is 0. The van der Waals surface area contributed by atoms with Crippen LogP contribution in [0.15, 0.2) is 4.99 Å². The van der Waals surface area contributed by atoms with Crippen molar-refractivity contribution in [3.8, 4) is 0 Å². The van der Waals surface area contributed by atoms with Gasteiger partial charge < -0.3 is 16.0 Å². The van der Waals surface area contributed by atoms with E-state index in [4.69, 9.17) is 0 Å². The summed E-state index contributed by atoms with van der Waals surface area (Å²) in [6.45, 7) is 3.63. The lowest BCUT2D eigenvalue weighted by molar-refractivity contribution is -0.124. The molecule has 118 valence electrons. The summed E-state index contributed by atoms with van der Waals surface area (Å²) in [6.07, 6.45) is 2.38. The lowest BCUT2D eigenvalue weighted by Crippen LogP contribution is -2.46. The minimum atomic E-state index is -0.322. The molecule has 0 radical (unpaired) electrons. The van der Waals surface area contributed by atoms with Gasteiger partial charge >= 0.3 is 6.03 Å². The second-order valence-electron chi connectivity index (χ2n) is 5.02. The molecule has 2 heterocycles. The van der Waals surface area contributed by atoms with Gasteiger partial charge in [-0.1, -0.05) is 0 Å². The molecule has 3 N–H and O–H groups in total. The van der Waals surface area contributed by atoms with Crippen LogP contribution in [0.4, 0.5) is 4.79 Å². The number of carbonyl (C=O) groups is 2. The molecule has 0 aromatic carbocycles. The van der Waals surface area contributed by atoms with E-state index in [0.29, 0.717) is 19.1 Å². The first-order valence-electron chi connectivity index (χ1n) is 7.41. The summed E-state index contributed by atoms with van der Waals surface area (Å²) < 4.78 is 0.